The van der Waals surface area contributed by atoms with Crippen LogP contribution in [0.1, 0.15) is 110 Å². The van der Waals surface area contributed by atoms with E-state index < -0.39 is 5.60 Å². The van der Waals surface area contributed by atoms with E-state index >= 15 is 0 Å². The number of benzene rings is 1. The summed E-state index contributed by atoms with van der Waals surface area (Å²) in [6.45, 7) is 20.9. The topological polar surface area (TPSA) is 26.3 Å². The van der Waals surface area contributed by atoms with E-state index in [4.69, 9.17) is 4.74 Å². The smallest absolute Gasteiger partial charge is 0.338 e. The molecule has 182 valence electrons. The van der Waals surface area contributed by atoms with Crippen molar-refractivity contribution in [2.75, 3.05) is 0 Å². The van der Waals surface area contributed by atoms with Crippen LogP contribution in [-0.4, -0.2) is 11.6 Å². The standard InChI is InChI=1S/C31H46O2/c1-20-10-15-26-30(8,21(20)2)19-17-25-29(6,7)24(16-18-31(25,26)9)22-11-13-23(14-12-22)27(32)33-28(3,4)5/h11-14,16,20-21,25-26H,10,15,17-19H2,1-9H3/t20-,21+,25+,26+,30+,31+/m1/s1. The van der Waals surface area contributed by atoms with Crippen molar-refractivity contribution in [3.63, 3.8) is 0 Å². The molecular formula is C31H46O2. The average Bonchev–Trinajstić information content (AvgIpc) is 2.70. The van der Waals surface area contributed by atoms with Crippen molar-refractivity contribution in [2.45, 2.75) is 100 Å². The van der Waals surface area contributed by atoms with Gasteiger partial charge in [-0.3, -0.25) is 0 Å². The number of carbonyl (C=O) groups is 1. The summed E-state index contributed by atoms with van der Waals surface area (Å²) in [5.74, 6) is 2.90. The van der Waals surface area contributed by atoms with Gasteiger partial charge in [-0.05, 0) is 110 Å². The van der Waals surface area contributed by atoms with Crippen molar-refractivity contribution in [3.05, 3.63) is 41.5 Å². The molecule has 0 radical (unpaired) electrons. The molecule has 6 atom stereocenters. The molecule has 0 bridgehead atoms. The van der Waals surface area contributed by atoms with Gasteiger partial charge < -0.3 is 4.74 Å². The van der Waals surface area contributed by atoms with Crippen molar-refractivity contribution >= 4 is 11.5 Å². The van der Waals surface area contributed by atoms with Crippen molar-refractivity contribution in [3.8, 4) is 0 Å². The molecule has 33 heavy (non-hydrogen) atoms. The number of esters is 1. The lowest BCUT2D eigenvalue weighted by Gasteiger charge is -2.66. The van der Waals surface area contributed by atoms with E-state index in [1.165, 1.54) is 43.2 Å². The minimum absolute atomic E-state index is 0.119. The zero-order chi connectivity index (χ0) is 24.4. The summed E-state index contributed by atoms with van der Waals surface area (Å²) < 4.78 is 5.56. The first-order chi connectivity index (χ1) is 15.2. The monoisotopic (exact) mass is 450 g/mol. The molecule has 2 nitrogen and oxygen atoms in total. The van der Waals surface area contributed by atoms with Crippen LogP contribution in [0.2, 0.25) is 0 Å². The van der Waals surface area contributed by atoms with Crippen LogP contribution in [0.3, 0.4) is 0 Å². The fraction of sp³-hybridized carbons (Fsp3) is 0.710. The Labute approximate surface area is 202 Å². The second kappa shape index (κ2) is 7.99. The molecule has 3 aliphatic rings. The molecule has 0 amide bonds. The molecule has 2 saturated carbocycles. The molecular weight excluding hydrogens is 404 g/mol. The van der Waals surface area contributed by atoms with E-state index in [-0.39, 0.29) is 11.4 Å². The van der Waals surface area contributed by atoms with Gasteiger partial charge >= 0.3 is 5.97 Å². The molecule has 2 heteroatoms. The van der Waals surface area contributed by atoms with E-state index in [9.17, 15) is 4.79 Å². The predicted molar refractivity (Wildman–Crippen MR) is 138 cm³/mol. The van der Waals surface area contributed by atoms with Gasteiger partial charge in [0, 0.05) is 0 Å². The predicted octanol–water partition coefficient (Wildman–Crippen LogP) is 8.56. The summed E-state index contributed by atoms with van der Waals surface area (Å²) in [4.78, 5) is 12.5. The van der Waals surface area contributed by atoms with Gasteiger partial charge in [-0.1, -0.05) is 66.2 Å². The SMILES string of the molecule is C[C@@H]1CC[C@H]2[C@@](C)(CC[C@H]3C(C)(C)C(c4ccc(C(=O)OC(C)(C)C)cc4)=CC[C@]23C)[C@H]1C. The number of ether oxygens (including phenoxy) is 1. The summed E-state index contributed by atoms with van der Waals surface area (Å²) in [6.07, 6.45) is 9.17. The largest absolute Gasteiger partial charge is 0.456 e. The Balaban J connectivity index is 1.63. The number of rotatable bonds is 2. The van der Waals surface area contributed by atoms with Crippen molar-refractivity contribution in [1.82, 2.24) is 0 Å². The van der Waals surface area contributed by atoms with Crippen LogP contribution in [0.25, 0.3) is 5.57 Å². The molecule has 3 aliphatic carbocycles. The van der Waals surface area contributed by atoms with E-state index in [2.05, 4.69) is 59.8 Å². The van der Waals surface area contributed by atoms with Gasteiger partial charge in [0.05, 0.1) is 5.56 Å². The van der Waals surface area contributed by atoms with Crippen molar-refractivity contribution in [1.29, 1.82) is 0 Å². The fourth-order valence-electron chi connectivity index (χ4n) is 8.34. The summed E-state index contributed by atoms with van der Waals surface area (Å²) in [5, 5.41) is 0. The van der Waals surface area contributed by atoms with Gasteiger partial charge in [0.25, 0.3) is 0 Å². The normalized spacial score (nSPS) is 38.0. The van der Waals surface area contributed by atoms with Crippen LogP contribution in [0.4, 0.5) is 0 Å². The third kappa shape index (κ3) is 4.00. The van der Waals surface area contributed by atoms with Gasteiger partial charge in [0.2, 0.25) is 0 Å². The van der Waals surface area contributed by atoms with Gasteiger partial charge in [0.15, 0.2) is 0 Å². The van der Waals surface area contributed by atoms with Gasteiger partial charge in [-0.15, -0.1) is 0 Å². The Morgan fingerprint density at radius 1 is 0.909 bits per heavy atom. The number of hydrogen-bond acceptors (Lipinski definition) is 2. The van der Waals surface area contributed by atoms with Crippen LogP contribution in [0.5, 0.6) is 0 Å². The van der Waals surface area contributed by atoms with E-state index in [0.717, 1.165) is 17.8 Å². The van der Waals surface area contributed by atoms with Crippen LogP contribution in [0, 0.1) is 39.9 Å². The van der Waals surface area contributed by atoms with Gasteiger partial charge in [-0.2, -0.15) is 0 Å². The molecule has 4 rings (SSSR count). The Bertz CT molecular complexity index is 931. The maximum atomic E-state index is 12.5. The zero-order valence-corrected chi connectivity index (χ0v) is 22.5. The molecule has 1 aromatic rings. The highest BCUT2D eigenvalue weighted by Gasteiger charge is 2.61. The highest BCUT2D eigenvalue weighted by molar-refractivity contribution is 5.90. The van der Waals surface area contributed by atoms with Crippen LogP contribution >= 0.6 is 0 Å². The third-order valence-electron chi connectivity index (χ3n) is 10.3. The molecule has 0 aromatic heterocycles. The minimum Gasteiger partial charge on any atom is -0.456 e. The Morgan fingerprint density at radius 2 is 1.55 bits per heavy atom. The Hall–Kier alpha value is -1.57. The molecule has 0 spiro atoms. The fourth-order valence-corrected chi connectivity index (χ4v) is 8.34. The second-order valence-electron chi connectivity index (χ2n) is 13.6. The van der Waals surface area contributed by atoms with Crippen LogP contribution in [0.15, 0.2) is 30.3 Å². The van der Waals surface area contributed by atoms with Gasteiger partial charge in [0.1, 0.15) is 5.60 Å². The molecule has 1 aromatic carbocycles. The lowest BCUT2D eigenvalue weighted by atomic mass is 9.39. The lowest BCUT2D eigenvalue weighted by Crippen LogP contribution is -2.58. The summed E-state index contributed by atoms with van der Waals surface area (Å²) >= 11 is 0. The molecule has 0 saturated heterocycles. The van der Waals surface area contributed by atoms with Crippen molar-refractivity contribution < 1.29 is 9.53 Å². The van der Waals surface area contributed by atoms with Gasteiger partial charge in [-0.25, -0.2) is 4.79 Å². The summed E-state index contributed by atoms with van der Waals surface area (Å²) in [7, 11) is 0. The molecule has 0 aliphatic heterocycles. The number of allylic oxidation sites excluding steroid dienone is 2. The molecule has 0 N–H and O–H groups in total. The zero-order valence-electron chi connectivity index (χ0n) is 22.5. The first-order valence-electron chi connectivity index (χ1n) is 13.2. The maximum absolute atomic E-state index is 12.5. The second-order valence-corrected chi connectivity index (χ2v) is 13.6. The summed E-state index contributed by atoms with van der Waals surface area (Å²) in [6, 6.07) is 8.14. The highest BCUT2D eigenvalue weighted by atomic mass is 16.6. The maximum Gasteiger partial charge on any atom is 0.338 e. The molecule has 0 heterocycles. The average molecular weight is 451 g/mol. The number of fused-ring (bicyclic) bond motifs is 3. The first kappa shape index (κ1) is 24.6. The van der Waals surface area contributed by atoms with E-state index in [1.807, 2.05) is 32.9 Å². The summed E-state index contributed by atoms with van der Waals surface area (Å²) in [5.41, 5.74) is 3.83. The van der Waals surface area contributed by atoms with Crippen LogP contribution in [-0.2, 0) is 4.74 Å². The quantitative estimate of drug-likeness (QED) is 0.422. The van der Waals surface area contributed by atoms with E-state index in [0.29, 0.717) is 22.3 Å². The molecule has 2 fully saturated rings. The Morgan fingerprint density at radius 3 is 2.15 bits per heavy atom. The highest BCUT2D eigenvalue weighted by Crippen LogP contribution is 2.69. The minimum atomic E-state index is -0.474. The molecule has 0 unspecified atom stereocenters. The van der Waals surface area contributed by atoms with Crippen LogP contribution < -0.4 is 0 Å². The van der Waals surface area contributed by atoms with Crippen molar-refractivity contribution in [2.24, 2.45) is 39.9 Å². The Kier molecular flexibility index (Phi) is 5.95. The number of hydrogen-bond donors (Lipinski definition) is 0. The third-order valence-corrected chi connectivity index (χ3v) is 10.3. The lowest BCUT2D eigenvalue weighted by molar-refractivity contribution is -0.144. The van der Waals surface area contributed by atoms with E-state index in [1.54, 1.807) is 0 Å². The number of carbonyl (C=O) groups excluding carboxylic acids is 1. The first-order valence-corrected chi connectivity index (χ1v) is 13.2.